The number of aromatic nitrogens is 1. The van der Waals surface area contributed by atoms with E-state index in [1.165, 1.54) is 11.2 Å². The standard InChI is InChI=1S/C25H33N5O2/c1-28(23-6-3-2-4-7-23)12-5-11-26-25(31)27-22-8-9-24-21(20-22)10-13-30(24)15-14-29-16-18-32-19-17-29/h2-4,6-10,13,20H,5,11-12,14-19H2,1H3,(H2,26,27,31). The number of hydrogen-bond acceptors (Lipinski definition) is 4. The zero-order valence-electron chi connectivity index (χ0n) is 18.8. The van der Waals surface area contributed by atoms with Crippen LogP contribution in [0.4, 0.5) is 16.2 Å². The number of rotatable bonds is 9. The molecular formula is C25H33N5O2. The minimum absolute atomic E-state index is 0.168. The summed E-state index contributed by atoms with van der Waals surface area (Å²) >= 11 is 0. The van der Waals surface area contributed by atoms with E-state index in [4.69, 9.17) is 4.74 Å². The molecule has 0 radical (unpaired) electrons. The Labute approximate surface area is 189 Å². The zero-order valence-corrected chi connectivity index (χ0v) is 18.8. The molecule has 0 bridgehead atoms. The van der Waals surface area contributed by atoms with Crippen LogP contribution in [0, 0.1) is 0 Å². The normalized spacial score (nSPS) is 14.4. The van der Waals surface area contributed by atoms with E-state index in [1.54, 1.807) is 0 Å². The van der Waals surface area contributed by atoms with Crippen molar-refractivity contribution in [2.24, 2.45) is 0 Å². The largest absolute Gasteiger partial charge is 0.379 e. The Morgan fingerprint density at radius 3 is 2.69 bits per heavy atom. The molecule has 2 aromatic carbocycles. The molecule has 7 nitrogen and oxygen atoms in total. The molecule has 1 aromatic heterocycles. The van der Waals surface area contributed by atoms with Gasteiger partial charge < -0.3 is 24.8 Å². The molecule has 1 aliphatic heterocycles. The van der Waals surface area contributed by atoms with Crippen LogP contribution in [0.5, 0.6) is 0 Å². The fourth-order valence-electron chi connectivity index (χ4n) is 4.05. The third kappa shape index (κ3) is 6.02. The monoisotopic (exact) mass is 435 g/mol. The van der Waals surface area contributed by atoms with Crippen molar-refractivity contribution < 1.29 is 9.53 Å². The van der Waals surface area contributed by atoms with Crippen molar-refractivity contribution in [3.05, 3.63) is 60.8 Å². The Kier molecular flexibility index (Phi) is 7.64. The number of hydrogen-bond donors (Lipinski definition) is 2. The number of amides is 2. The molecule has 0 spiro atoms. The maximum atomic E-state index is 12.3. The summed E-state index contributed by atoms with van der Waals surface area (Å²) in [7, 11) is 2.07. The van der Waals surface area contributed by atoms with Gasteiger partial charge in [0.2, 0.25) is 0 Å². The molecule has 2 heterocycles. The van der Waals surface area contributed by atoms with Gasteiger partial charge in [-0.25, -0.2) is 4.79 Å². The summed E-state index contributed by atoms with van der Waals surface area (Å²) in [5.41, 5.74) is 3.18. The van der Waals surface area contributed by atoms with Crippen molar-refractivity contribution in [3.8, 4) is 0 Å². The highest BCUT2D eigenvalue weighted by Crippen LogP contribution is 2.21. The summed E-state index contributed by atoms with van der Waals surface area (Å²) in [5.74, 6) is 0. The van der Waals surface area contributed by atoms with E-state index in [-0.39, 0.29) is 6.03 Å². The van der Waals surface area contributed by atoms with E-state index < -0.39 is 0 Å². The maximum absolute atomic E-state index is 12.3. The van der Waals surface area contributed by atoms with Gasteiger partial charge in [0.05, 0.1) is 13.2 Å². The minimum atomic E-state index is -0.168. The molecule has 0 unspecified atom stereocenters. The Hall–Kier alpha value is -3.03. The summed E-state index contributed by atoms with van der Waals surface area (Å²) in [5, 5.41) is 7.04. The molecule has 0 saturated carbocycles. The third-order valence-electron chi connectivity index (χ3n) is 5.94. The van der Waals surface area contributed by atoms with Gasteiger partial charge in [0, 0.05) is 74.8 Å². The first-order valence-electron chi connectivity index (χ1n) is 11.4. The Bertz CT molecular complexity index is 998. The average Bonchev–Trinajstić information content (AvgIpc) is 3.24. The summed E-state index contributed by atoms with van der Waals surface area (Å²) in [6, 6.07) is 18.3. The average molecular weight is 436 g/mol. The predicted octanol–water partition coefficient (Wildman–Crippen LogP) is 3.62. The lowest BCUT2D eigenvalue weighted by Crippen LogP contribution is -2.38. The first-order valence-corrected chi connectivity index (χ1v) is 11.4. The van der Waals surface area contributed by atoms with Crippen molar-refractivity contribution in [1.82, 2.24) is 14.8 Å². The summed E-state index contributed by atoms with van der Waals surface area (Å²) in [6.45, 7) is 7.15. The SMILES string of the molecule is CN(CCCNC(=O)Nc1ccc2c(ccn2CCN2CCOCC2)c1)c1ccccc1. The molecule has 1 fully saturated rings. The maximum Gasteiger partial charge on any atom is 0.319 e. The Morgan fingerprint density at radius 1 is 1.06 bits per heavy atom. The molecule has 1 aliphatic rings. The van der Waals surface area contributed by atoms with Crippen LogP contribution in [0.2, 0.25) is 0 Å². The highest BCUT2D eigenvalue weighted by Gasteiger charge is 2.11. The second-order valence-corrected chi connectivity index (χ2v) is 8.23. The quantitative estimate of drug-likeness (QED) is 0.504. The van der Waals surface area contributed by atoms with Crippen LogP contribution in [-0.2, 0) is 11.3 Å². The van der Waals surface area contributed by atoms with Crippen molar-refractivity contribution in [2.45, 2.75) is 13.0 Å². The third-order valence-corrected chi connectivity index (χ3v) is 5.94. The lowest BCUT2D eigenvalue weighted by molar-refractivity contribution is 0.0365. The van der Waals surface area contributed by atoms with Gasteiger partial charge in [-0.15, -0.1) is 0 Å². The van der Waals surface area contributed by atoms with Gasteiger partial charge in [-0.05, 0) is 42.8 Å². The number of ether oxygens (including phenoxy) is 1. The number of nitrogens with zero attached hydrogens (tertiary/aromatic N) is 3. The van der Waals surface area contributed by atoms with Crippen molar-refractivity contribution in [2.75, 3.05) is 63.2 Å². The fraction of sp³-hybridized carbons (Fsp3) is 0.400. The number of fused-ring (bicyclic) bond motifs is 1. The molecule has 3 aromatic rings. The minimum Gasteiger partial charge on any atom is -0.379 e. The van der Waals surface area contributed by atoms with Gasteiger partial charge in [0.25, 0.3) is 0 Å². The number of morpholine rings is 1. The van der Waals surface area contributed by atoms with Crippen LogP contribution in [0.1, 0.15) is 6.42 Å². The van der Waals surface area contributed by atoms with Gasteiger partial charge in [-0.3, -0.25) is 4.90 Å². The number of carbonyl (C=O) groups excluding carboxylic acids is 1. The lowest BCUT2D eigenvalue weighted by Gasteiger charge is -2.26. The number of anilines is 2. The van der Waals surface area contributed by atoms with Gasteiger partial charge in [0.1, 0.15) is 0 Å². The van der Waals surface area contributed by atoms with E-state index in [1.807, 2.05) is 30.3 Å². The molecule has 0 aliphatic carbocycles. The summed E-state index contributed by atoms with van der Waals surface area (Å²) in [4.78, 5) is 16.9. The number of nitrogens with one attached hydrogen (secondary N) is 2. The highest BCUT2D eigenvalue weighted by molar-refractivity contribution is 5.92. The van der Waals surface area contributed by atoms with E-state index in [9.17, 15) is 4.79 Å². The van der Waals surface area contributed by atoms with Crippen LogP contribution in [-0.4, -0.2) is 68.5 Å². The van der Waals surface area contributed by atoms with Crippen LogP contribution in [0.25, 0.3) is 10.9 Å². The van der Waals surface area contributed by atoms with Crippen molar-refractivity contribution >= 4 is 28.3 Å². The van der Waals surface area contributed by atoms with Gasteiger partial charge >= 0.3 is 6.03 Å². The van der Waals surface area contributed by atoms with Crippen LogP contribution >= 0.6 is 0 Å². The molecule has 2 amide bonds. The first kappa shape index (κ1) is 22.2. The van der Waals surface area contributed by atoms with Crippen LogP contribution in [0.3, 0.4) is 0 Å². The van der Waals surface area contributed by atoms with Crippen LogP contribution < -0.4 is 15.5 Å². The molecule has 32 heavy (non-hydrogen) atoms. The predicted molar refractivity (Wildman–Crippen MR) is 131 cm³/mol. The Morgan fingerprint density at radius 2 is 1.88 bits per heavy atom. The van der Waals surface area contributed by atoms with Gasteiger partial charge in [-0.1, -0.05) is 18.2 Å². The van der Waals surface area contributed by atoms with E-state index >= 15 is 0 Å². The number of carbonyl (C=O) groups is 1. The van der Waals surface area contributed by atoms with Crippen LogP contribution in [0.15, 0.2) is 60.8 Å². The zero-order chi connectivity index (χ0) is 22.2. The topological polar surface area (TPSA) is 61.8 Å². The van der Waals surface area contributed by atoms with Gasteiger partial charge in [-0.2, -0.15) is 0 Å². The van der Waals surface area contributed by atoms with E-state index in [0.29, 0.717) is 6.54 Å². The Balaban J connectivity index is 1.22. The molecule has 2 N–H and O–H groups in total. The smallest absolute Gasteiger partial charge is 0.319 e. The molecule has 1 saturated heterocycles. The molecule has 4 rings (SSSR count). The number of benzene rings is 2. The van der Waals surface area contributed by atoms with E-state index in [2.05, 4.69) is 62.5 Å². The van der Waals surface area contributed by atoms with E-state index in [0.717, 1.165) is 63.4 Å². The molecule has 0 atom stereocenters. The second kappa shape index (κ2) is 11.0. The summed E-state index contributed by atoms with van der Waals surface area (Å²) < 4.78 is 7.70. The van der Waals surface area contributed by atoms with Crippen molar-refractivity contribution in [1.29, 1.82) is 0 Å². The van der Waals surface area contributed by atoms with Crippen molar-refractivity contribution in [3.63, 3.8) is 0 Å². The first-order chi connectivity index (χ1) is 15.7. The molecule has 170 valence electrons. The highest BCUT2D eigenvalue weighted by atomic mass is 16.5. The molecule has 7 heteroatoms. The summed E-state index contributed by atoms with van der Waals surface area (Å²) in [6.07, 6.45) is 3.00. The number of urea groups is 1. The number of para-hydroxylation sites is 1. The second-order valence-electron chi connectivity index (χ2n) is 8.23. The fourth-order valence-corrected chi connectivity index (χ4v) is 4.05. The molecular weight excluding hydrogens is 402 g/mol. The van der Waals surface area contributed by atoms with Gasteiger partial charge in [0.15, 0.2) is 0 Å². The lowest BCUT2D eigenvalue weighted by atomic mass is 10.2.